The molecule has 146 valence electrons. The normalized spacial score (nSPS) is 14.1. The van der Waals surface area contributed by atoms with Crippen molar-refractivity contribution in [3.63, 3.8) is 0 Å². The summed E-state index contributed by atoms with van der Waals surface area (Å²) < 4.78 is 3.37. The molecule has 0 aliphatic carbocycles. The fraction of sp³-hybridized carbons (Fsp3) is 0.174. The van der Waals surface area contributed by atoms with E-state index in [1.54, 1.807) is 10.6 Å². The van der Waals surface area contributed by atoms with E-state index in [1.165, 1.54) is 4.57 Å². The zero-order chi connectivity index (χ0) is 20.5. The Balaban J connectivity index is 2.02. The van der Waals surface area contributed by atoms with E-state index >= 15 is 0 Å². The Morgan fingerprint density at radius 2 is 1.79 bits per heavy atom. The van der Waals surface area contributed by atoms with Crippen LogP contribution in [0.2, 0.25) is 0 Å². The molecule has 2 aromatic carbocycles. The van der Waals surface area contributed by atoms with Crippen LogP contribution in [0.15, 0.2) is 64.4 Å². The second-order valence-corrected chi connectivity index (χ2v) is 7.29. The summed E-state index contributed by atoms with van der Waals surface area (Å²) >= 11 is 5.56. The van der Waals surface area contributed by atoms with E-state index in [0.29, 0.717) is 12.2 Å². The van der Waals surface area contributed by atoms with Gasteiger partial charge in [0.2, 0.25) is 5.88 Å². The molecule has 4 rings (SSSR count). The molecule has 0 spiro atoms. The van der Waals surface area contributed by atoms with Crippen LogP contribution in [0.4, 0.5) is 5.69 Å². The lowest BCUT2D eigenvalue weighted by atomic mass is 10.0. The lowest BCUT2D eigenvalue weighted by molar-refractivity contribution is 0.398. The third kappa shape index (κ3) is 3.25. The second-order valence-electron chi connectivity index (χ2n) is 6.92. The molecule has 0 saturated carbocycles. The van der Waals surface area contributed by atoms with Gasteiger partial charge in [-0.3, -0.25) is 18.9 Å². The van der Waals surface area contributed by atoms with Gasteiger partial charge in [-0.25, -0.2) is 0 Å². The highest BCUT2D eigenvalue weighted by molar-refractivity contribution is 7.71. The lowest BCUT2D eigenvalue weighted by Crippen LogP contribution is -2.26. The van der Waals surface area contributed by atoms with Gasteiger partial charge in [0.1, 0.15) is 5.56 Å². The van der Waals surface area contributed by atoms with Crippen molar-refractivity contribution >= 4 is 35.3 Å². The zero-order valence-electron chi connectivity index (χ0n) is 16.3. The molecule has 1 N–H and O–H groups in total. The van der Waals surface area contributed by atoms with Gasteiger partial charge >= 0.3 is 0 Å². The van der Waals surface area contributed by atoms with Crippen molar-refractivity contribution in [2.24, 2.45) is 4.99 Å². The van der Waals surface area contributed by atoms with Crippen LogP contribution in [0.3, 0.4) is 0 Å². The van der Waals surface area contributed by atoms with Crippen molar-refractivity contribution < 1.29 is 5.11 Å². The highest BCUT2D eigenvalue weighted by Gasteiger charge is 2.21. The number of aromatic nitrogens is 2. The van der Waals surface area contributed by atoms with Crippen LogP contribution in [0.5, 0.6) is 5.88 Å². The quantitative estimate of drug-likeness (QED) is 0.614. The van der Waals surface area contributed by atoms with E-state index in [9.17, 15) is 9.90 Å². The van der Waals surface area contributed by atoms with Gasteiger partial charge in [-0.05, 0) is 49.8 Å². The van der Waals surface area contributed by atoms with Crippen LogP contribution in [-0.4, -0.2) is 20.0 Å². The van der Waals surface area contributed by atoms with E-state index in [-0.39, 0.29) is 21.8 Å². The number of nitrogens with zero attached hydrogens (tertiary/aromatic N) is 3. The number of fused-ring (bicyclic) bond motifs is 1. The number of hydrogen-bond acceptors (Lipinski definition) is 4. The molecule has 2 heterocycles. The molecule has 3 aromatic rings. The molecule has 1 aromatic heterocycles. The minimum absolute atomic E-state index is 0.112. The smallest absolute Gasteiger partial charge is 0.270 e. The van der Waals surface area contributed by atoms with Crippen LogP contribution < -0.4 is 5.56 Å². The van der Waals surface area contributed by atoms with E-state index in [1.807, 2.05) is 68.4 Å². The largest absolute Gasteiger partial charge is 0.494 e. The summed E-state index contributed by atoms with van der Waals surface area (Å²) in [5.74, 6) is -0.112. The fourth-order valence-electron chi connectivity index (χ4n) is 3.58. The molecule has 0 fully saturated rings. The lowest BCUT2D eigenvalue weighted by Gasteiger charge is -2.16. The third-order valence-corrected chi connectivity index (χ3v) is 5.38. The first-order valence-corrected chi connectivity index (χ1v) is 9.94. The third-order valence-electron chi connectivity index (χ3n) is 4.97. The number of aliphatic imine (C=N–C) groups is 1. The number of allylic oxidation sites excluding steroid dienone is 1. The molecule has 0 unspecified atom stereocenters. The molecule has 0 bridgehead atoms. The van der Waals surface area contributed by atoms with Gasteiger partial charge in [-0.1, -0.05) is 43.3 Å². The van der Waals surface area contributed by atoms with Gasteiger partial charge < -0.3 is 5.11 Å². The summed E-state index contributed by atoms with van der Waals surface area (Å²) in [6.07, 6.45) is 2.50. The van der Waals surface area contributed by atoms with Crippen molar-refractivity contribution in [3.05, 3.63) is 80.8 Å². The van der Waals surface area contributed by atoms with E-state index in [2.05, 4.69) is 4.99 Å². The van der Waals surface area contributed by atoms with Gasteiger partial charge in [0.05, 0.1) is 11.4 Å². The van der Waals surface area contributed by atoms with Gasteiger partial charge in [-0.15, -0.1) is 0 Å². The summed E-state index contributed by atoms with van der Waals surface area (Å²) in [6, 6.07) is 17.0. The van der Waals surface area contributed by atoms with E-state index in [4.69, 9.17) is 12.2 Å². The predicted octanol–water partition coefficient (Wildman–Crippen LogP) is 5.13. The van der Waals surface area contributed by atoms with Crippen LogP contribution in [0.1, 0.15) is 31.4 Å². The second kappa shape index (κ2) is 7.64. The molecule has 0 radical (unpaired) electrons. The van der Waals surface area contributed by atoms with Crippen LogP contribution in [0, 0.1) is 4.77 Å². The average Bonchev–Trinajstić information content (AvgIpc) is 3.04. The van der Waals surface area contributed by atoms with Gasteiger partial charge in [-0.2, -0.15) is 0 Å². The molecular weight excluding hydrogens is 382 g/mol. The monoisotopic (exact) mass is 403 g/mol. The maximum Gasteiger partial charge on any atom is 0.270 e. The Kier molecular flexibility index (Phi) is 5.03. The minimum atomic E-state index is -0.351. The Morgan fingerprint density at radius 3 is 2.52 bits per heavy atom. The molecule has 0 amide bonds. The summed E-state index contributed by atoms with van der Waals surface area (Å²) in [7, 11) is 0. The van der Waals surface area contributed by atoms with Crippen LogP contribution in [-0.2, 0) is 6.54 Å². The molecule has 6 heteroatoms. The van der Waals surface area contributed by atoms with E-state index < -0.39 is 0 Å². The molecule has 1 aliphatic rings. The Bertz CT molecular complexity index is 1270. The number of hydrogen-bond donors (Lipinski definition) is 1. The Morgan fingerprint density at radius 1 is 1.10 bits per heavy atom. The highest BCUT2D eigenvalue weighted by Crippen LogP contribution is 2.36. The van der Waals surface area contributed by atoms with Gasteiger partial charge in [0, 0.05) is 23.4 Å². The number of para-hydroxylation sites is 2. The number of rotatable bonds is 4. The van der Waals surface area contributed by atoms with Crippen molar-refractivity contribution in [1.29, 1.82) is 0 Å². The Labute approximate surface area is 173 Å². The molecule has 1 aliphatic heterocycles. The SMILES string of the molecule is CCCn1c(O)c(/C=C2\C(C)=Nc3ccccc32)c(=O)n(-c2ccccc2)c1=S. The van der Waals surface area contributed by atoms with Crippen molar-refractivity contribution in [1.82, 2.24) is 9.13 Å². The summed E-state index contributed by atoms with van der Waals surface area (Å²) in [5.41, 5.74) is 3.96. The predicted molar refractivity (Wildman–Crippen MR) is 120 cm³/mol. The van der Waals surface area contributed by atoms with Crippen molar-refractivity contribution in [3.8, 4) is 11.6 Å². The van der Waals surface area contributed by atoms with Crippen molar-refractivity contribution in [2.45, 2.75) is 26.8 Å². The maximum atomic E-state index is 13.4. The highest BCUT2D eigenvalue weighted by atomic mass is 32.1. The Hall–Kier alpha value is -3.25. The average molecular weight is 404 g/mol. The topological polar surface area (TPSA) is 59.5 Å². The first-order chi connectivity index (χ1) is 14.0. The van der Waals surface area contributed by atoms with Gasteiger partial charge in [0.15, 0.2) is 4.77 Å². The zero-order valence-corrected chi connectivity index (χ0v) is 17.1. The minimum Gasteiger partial charge on any atom is -0.494 e. The first-order valence-electron chi connectivity index (χ1n) is 9.54. The summed E-state index contributed by atoms with van der Waals surface area (Å²) in [5, 5.41) is 10.9. The van der Waals surface area contributed by atoms with Gasteiger partial charge in [0.25, 0.3) is 5.56 Å². The maximum absolute atomic E-state index is 13.4. The van der Waals surface area contributed by atoms with Crippen LogP contribution in [0.25, 0.3) is 17.3 Å². The molecule has 29 heavy (non-hydrogen) atoms. The number of benzene rings is 2. The molecular formula is C23H21N3O2S. The standard InChI is InChI=1S/C23H21N3O2S/c1-3-13-25-21(27)19(14-18-15(2)24-20-12-8-7-11-17(18)20)22(28)26(23(25)29)16-9-5-4-6-10-16/h4-12,14,27H,3,13H2,1-2H3/b18-14+. The number of aromatic hydroxyl groups is 1. The molecule has 0 atom stereocenters. The first kappa shape index (κ1) is 19.1. The molecule has 0 saturated heterocycles. The van der Waals surface area contributed by atoms with Crippen molar-refractivity contribution in [2.75, 3.05) is 0 Å². The summed E-state index contributed by atoms with van der Waals surface area (Å²) in [4.78, 5) is 18.0. The summed E-state index contributed by atoms with van der Waals surface area (Å²) in [6.45, 7) is 4.42. The fourth-order valence-corrected chi connectivity index (χ4v) is 3.94. The van der Waals surface area contributed by atoms with E-state index in [0.717, 1.165) is 29.0 Å². The van der Waals surface area contributed by atoms with Crippen LogP contribution >= 0.6 is 12.2 Å². The molecule has 5 nitrogen and oxygen atoms in total.